The molecule has 0 aliphatic carbocycles. The molecular weight excluding hydrogens is 239 g/mol. The van der Waals surface area contributed by atoms with Crippen molar-refractivity contribution in [2.24, 2.45) is 0 Å². The van der Waals surface area contributed by atoms with Crippen LogP contribution < -0.4 is 0 Å². The lowest BCUT2D eigenvalue weighted by atomic mass is 10.4. The quantitative estimate of drug-likeness (QED) is 0.324. The molecule has 0 saturated heterocycles. The summed E-state index contributed by atoms with van der Waals surface area (Å²) in [5.74, 6) is -0.890. The standard InChI is InChI=1S/C8H9F5O3/c1-5(2)6(14)15-3-4-16-8(12,13)7(9,10)11/h1,3-4H2,2H3. The fourth-order valence-corrected chi connectivity index (χ4v) is 0.509. The third-order valence-electron chi connectivity index (χ3n) is 1.28. The molecule has 94 valence electrons. The van der Waals surface area contributed by atoms with Crippen LogP contribution in [0.1, 0.15) is 6.92 Å². The molecule has 0 radical (unpaired) electrons. The van der Waals surface area contributed by atoms with E-state index in [4.69, 9.17) is 0 Å². The molecule has 3 nitrogen and oxygen atoms in total. The Kier molecular flexibility index (Phi) is 4.85. The molecule has 0 rings (SSSR count). The number of rotatable bonds is 5. The van der Waals surface area contributed by atoms with Crippen LogP contribution in [0.25, 0.3) is 0 Å². The van der Waals surface area contributed by atoms with E-state index in [9.17, 15) is 26.7 Å². The predicted octanol–water partition coefficient (Wildman–Crippen LogP) is 2.28. The Labute approximate surface area is 87.8 Å². The fourth-order valence-electron chi connectivity index (χ4n) is 0.509. The maximum absolute atomic E-state index is 12.1. The largest absolute Gasteiger partial charge is 0.482 e. The minimum Gasteiger partial charge on any atom is -0.460 e. The van der Waals surface area contributed by atoms with Crippen LogP contribution in [0.4, 0.5) is 22.0 Å². The SMILES string of the molecule is C=C(C)C(=O)OCCOC(F)(F)C(F)(F)F. The van der Waals surface area contributed by atoms with Crippen molar-refractivity contribution in [1.29, 1.82) is 0 Å². The van der Waals surface area contributed by atoms with Gasteiger partial charge < -0.3 is 9.47 Å². The van der Waals surface area contributed by atoms with Gasteiger partial charge in [-0.15, -0.1) is 0 Å². The predicted molar refractivity (Wildman–Crippen MR) is 42.7 cm³/mol. The molecule has 0 bridgehead atoms. The van der Waals surface area contributed by atoms with Crippen LogP contribution in [0.3, 0.4) is 0 Å². The van der Waals surface area contributed by atoms with Crippen molar-refractivity contribution in [3.05, 3.63) is 12.2 Å². The fraction of sp³-hybridized carbons (Fsp3) is 0.625. The second-order valence-corrected chi connectivity index (χ2v) is 2.78. The molecule has 16 heavy (non-hydrogen) atoms. The first-order valence-electron chi connectivity index (χ1n) is 3.99. The highest BCUT2D eigenvalue weighted by molar-refractivity contribution is 5.86. The lowest BCUT2D eigenvalue weighted by Crippen LogP contribution is -2.40. The van der Waals surface area contributed by atoms with E-state index in [1.165, 1.54) is 6.92 Å². The molecule has 0 amide bonds. The molecule has 0 saturated carbocycles. The van der Waals surface area contributed by atoms with Crippen LogP contribution in [0, 0.1) is 0 Å². The van der Waals surface area contributed by atoms with Crippen LogP contribution in [-0.2, 0) is 14.3 Å². The number of hydrogen-bond acceptors (Lipinski definition) is 3. The van der Waals surface area contributed by atoms with Crippen molar-refractivity contribution in [3.63, 3.8) is 0 Å². The van der Waals surface area contributed by atoms with Gasteiger partial charge in [0.05, 0.1) is 6.61 Å². The van der Waals surface area contributed by atoms with Gasteiger partial charge in [0.15, 0.2) is 0 Å². The van der Waals surface area contributed by atoms with Crippen LogP contribution in [0.15, 0.2) is 12.2 Å². The second-order valence-electron chi connectivity index (χ2n) is 2.78. The Morgan fingerprint density at radius 3 is 2.06 bits per heavy atom. The minimum absolute atomic E-state index is 0.00239. The summed E-state index contributed by atoms with van der Waals surface area (Å²) in [7, 11) is 0. The second kappa shape index (κ2) is 5.24. The molecule has 0 spiro atoms. The Hall–Kier alpha value is -1.18. The average molecular weight is 248 g/mol. The zero-order valence-corrected chi connectivity index (χ0v) is 8.24. The van der Waals surface area contributed by atoms with Crippen LogP contribution in [0.5, 0.6) is 0 Å². The van der Waals surface area contributed by atoms with Gasteiger partial charge in [-0.05, 0) is 6.92 Å². The van der Waals surface area contributed by atoms with Gasteiger partial charge in [0.2, 0.25) is 0 Å². The average Bonchev–Trinajstić information content (AvgIpc) is 2.09. The summed E-state index contributed by atoms with van der Waals surface area (Å²) in [6.07, 6.45) is -11.0. The van der Waals surface area contributed by atoms with Crippen molar-refractivity contribution in [3.8, 4) is 0 Å². The van der Waals surface area contributed by atoms with Crippen molar-refractivity contribution in [1.82, 2.24) is 0 Å². The van der Waals surface area contributed by atoms with E-state index in [0.29, 0.717) is 0 Å². The highest BCUT2D eigenvalue weighted by Crippen LogP contribution is 2.35. The summed E-state index contributed by atoms with van der Waals surface area (Å²) >= 11 is 0. The Morgan fingerprint density at radius 2 is 1.69 bits per heavy atom. The summed E-state index contributed by atoms with van der Waals surface area (Å²) in [5.41, 5.74) is 0.00239. The van der Waals surface area contributed by atoms with Crippen molar-refractivity contribution < 1.29 is 36.2 Å². The van der Waals surface area contributed by atoms with Crippen LogP contribution in [-0.4, -0.2) is 31.5 Å². The van der Waals surface area contributed by atoms with Crippen LogP contribution >= 0.6 is 0 Å². The Balaban J connectivity index is 3.92. The van der Waals surface area contributed by atoms with Crippen molar-refractivity contribution in [2.75, 3.05) is 13.2 Å². The van der Waals surface area contributed by atoms with E-state index < -0.39 is 31.5 Å². The number of carbonyl (C=O) groups is 1. The molecule has 8 heteroatoms. The van der Waals surface area contributed by atoms with Gasteiger partial charge in [-0.3, -0.25) is 0 Å². The first kappa shape index (κ1) is 14.8. The van der Waals surface area contributed by atoms with E-state index in [1.54, 1.807) is 0 Å². The molecule has 0 heterocycles. The molecule has 0 atom stereocenters. The Bertz CT molecular complexity index is 271. The smallest absolute Gasteiger partial charge is 0.460 e. The van der Waals surface area contributed by atoms with E-state index in [0.717, 1.165) is 0 Å². The minimum atomic E-state index is -5.79. The van der Waals surface area contributed by atoms with E-state index in [-0.39, 0.29) is 5.57 Å². The number of esters is 1. The summed E-state index contributed by atoms with van der Waals surface area (Å²) in [5, 5.41) is 0. The van der Waals surface area contributed by atoms with Gasteiger partial charge in [-0.25, -0.2) is 4.79 Å². The monoisotopic (exact) mass is 248 g/mol. The topological polar surface area (TPSA) is 35.5 Å². The first-order valence-corrected chi connectivity index (χ1v) is 3.99. The zero-order chi connectivity index (χ0) is 13.0. The molecule has 0 aromatic carbocycles. The summed E-state index contributed by atoms with van der Waals surface area (Å²) in [4.78, 5) is 10.7. The number of alkyl halides is 5. The van der Waals surface area contributed by atoms with E-state index in [1.807, 2.05) is 0 Å². The van der Waals surface area contributed by atoms with E-state index in [2.05, 4.69) is 16.1 Å². The maximum atomic E-state index is 12.1. The lowest BCUT2D eigenvalue weighted by Gasteiger charge is -2.19. The highest BCUT2D eigenvalue weighted by atomic mass is 19.4. The maximum Gasteiger partial charge on any atom is 0.482 e. The molecule has 0 fully saturated rings. The number of ether oxygens (including phenoxy) is 2. The van der Waals surface area contributed by atoms with Gasteiger partial charge >= 0.3 is 18.3 Å². The third-order valence-corrected chi connectivity index (χ3v) is 1.28. The molecule has 0 aliphatic heterocycles. The molecular formula is C8H9F5O3. The summed E-state index contributed by atoms with van der Waals surface area (Å²) in [6.45, 7) is 2.70. The van der Waals surface area contributed by atoms with Gasteiger partial charge in [-0.2, -0.15) is 22.0 Å². The molecule has 0 aromatic rings. The van der Waals surface area contributed by atoms with Gasteiger partial charge in [-0.1, -0.05) is 6.58 Å². The molecule has 0 aliphatic rings. The number of halogens is 5. The first-order chi connectivity index (χ1) is 7.08. The lowest BCUT2D eigenvalue weighted by molar-refractivity contribution is -0.391. The molecule has 0 unspecified atom stereocenters. The van der Waals surface area contributed by atoms with Gasteiger partial charge in [0.25, 0.3) is 0 Å². The highest BCUT2D eigenvalue weighted by Gasteiger charge is 2.59. The number of hydrogen-bond donors (Lipinski definition) is 0. The Morgan fingerprint density at radius 1 is 1.19 bits per heavy atom. The summed E-state index contributed by atoms with van der Waals surface area (Å²) in [6, 6.07) is 0. The molecule has 0 N–H and O–H groups in total. The van der Waals surface area contributed by atoms with Crippen molar-refractivity contribution in [2.45, 2.75) is 19.2 Å². The third kappa shape index (κ3) is 4.56. The van der Waals surface area contributed by atoms with Crippen molar-refractivity contribution >= 4 is 5.97 Å². The normalized spacial score (nSPS) is 12.4. The van der Waals surface area contributed by atoms with Crippen LogP contribution in [0.2, 0.25) is 0 Å². The van der Waals surface area contributed by atoms with E-state index >= 15 is 0 Å². The number of carbonyl (C=O) groups excluding carboxylic acids is 1. The van der Waals surface area contributed by atoms with Gasteiger partial charge in [0.1, 0.15) is 6.61 Å². The zero-order valence-electron chi connectivity index (χ0n) is 8.24. The van der Waals surface area contributed by atoms with Gasteiger partial charge in [0, 0.05) is 5.57 Å². The molecule has 0 aromatic heterocycles. The summed E-state index contributed by atoms with van der Waals surface area (Å²) < 4.78 is 66.4.